The van der Waals surface area contributed by atoms with Crippen LogP contribution in [0.2, 0.25) is 0 Å². The van der Waals surface area contributed by atoms with E-state index in [9.17, 15) is 0 Å². The molecule has 2 heterocycles. The minimum absolute atomic E-state index is 0.0926. The van der Waals surface area contributed by atoms with E-state index in [1.54, 1.807) is 12.7 Å². The average Bonchev–Trinajstić information content (AvgIpc) is 2.15. The van der Waals surface area contributed by atoms with Gasteiger partial charge in [-0.2, -0.15) is 0 Å². The first kappa shape index (κ1) is 3.88. The summed E-state index contributed by atoms with van der Waals surface area (Å²) in [6.07, 6.45) is 3.68. The molecule has 0 saturated heterocycles. The van der Waals surface area contributed by atoms with Crippen LogP contribution in [-0.2, 0) is 0 Å². The molecule has 0 unspecified atom stereocenters. The van der Waals surface area contributed by atoms with Crippen molar-refractivity contribution in [2.24, 2.45) is 9.98 Å². The van der Waals surface area contributed by atoms with Crippen LogP contribution < -0.4 is 10.6 Å². The van der Waals surface area contributed by atoms with Gasteiger partial charge in [0.25, 0.3) is 0 Å². The molecule has 0 aromatic carbocycles. The summed E-state index contributed by atoms with van der Waals surface area (Å²) in [6, 6.07) is 0. The summed E-state index contributed by atoms with van der Waals surface area (Å²) < 4.78 is 0. The molecule has 0 aliphatic carbocycles. The molecule has 0 bridgehead atoms. The van der Waals surface area contributed by atoms with Gasteiger partial charge in [-0.15, -0.1) is 0 Å². The van der Waals surface area contributed by atoms with Crippen molar-refractivity contribution in [1.82, 2.24) is 10.6 Å². The average molecular weight is 110 g/mol. The molecule has 0 aromatic heterocycles. The molecule has 4 nitrogen and oxygen atoms in total. The van der Waals surface area contributed by atoms with Crippen molar-refractivity contribution in [3.63, 3.8) is 0 Å². The smallest absolute Gasteiger partial charge is 0.181 e. The highest BCUT2D eigenvalue weighted by Crippen LogP contribution is 2.04. The molecule has 0 amide bonds. The Morgan fingerprint density at radius 2 is 1.75 bits per heavy atom. The van der Waals surface area contributed by atoms with Crippen molar-refractivity contribution in [2.45, 2.75) is 12.3 Å². The van der Waals surface area contributed by atoms with Gasteiger partial charge in [-0.1, -0.05) is 0 Å². The largest absolute Gasteiger partial charge is 0.353 e. The van der Waals surface area contributed by atoms with Crippen LogP contribution >= 0.6 is 0 Å². The standard InChI is InChI=1S/C4H6N4/c1-5-3-4(6-1)8-2-7-3/h1-4H,(H,5,6)(H,7,8). The van der Waals surface area contributed by atoms with Crippen molar-refractivity contribution in [3.8, 4) is 0 Å². The van der Waals surface area contributed by atoms with Crippen LogP contribution in [0.3, 0.4) is 0 Å². The van der Waals surface area contributed by atoms with E-state index in [0.717, 1.165) is 0 Å². The van der Waals surface area contributed by atoms with Crippen LogP contribution in [0.15, 0.2) is 9.98 Å². The van der Waals surface area contributed by atoms with Gasteiger partial charge in [-0.25, -0.2) is 9.98 Å². The van der Waals surface area contributed by atoms with E-state index in [4.69, 9.17) is 0 Å². The number of fused-ring (bicyclic) bond motifs is 1. The molecule has 0 aromatic rings. The number of rotatable bonds is 0. The van der Waals surface area contributed by atoms with Crippen LogP contribution in [0.4, 0.5) is 0 Å². The molecule has 2 aliphatic heterocycles. The van der Waals surface area contributed by atoms with Crippen LogP contribution in [0.5, 0.6) is 0 Å². The first-order valence-corrected chi connectivity index (χ1v) is 2.52. The van der Waals surface area contributed by atoms with Gasteiger partial charge in [0.2, 0.25) is 0 Å². The number of aliphatic imine (C=N–C) groups is 2. The van der Waals surface area contributed by atoms with E-state index >= 15 is 0 Å². The molecule has 42 valence electrons. The van der Waals surface area contributed by atoms with Crippen molar-refractivity contribution in [3.05, 3.63) is 0 Å². The fraction of sp³-hybridized carbons (Fsp3) is 0.500. The summed E-state index contributed by atoms with van der Waals surface area (Å²) in [6.45, 7) is 0. The molecule has 2 N–H and O–H groups in total. The summed E-state index contributed by atoms with van der Waals surface area (Å²) in [5.41, 5.74) is 0. The molecule has 2 aliphatic rings. The van der Waals surface area contributed by atoms with Crippen LogP contribution in [0.25, 0.3) is 0 Å². The highest BCUT2D eigenvalue weighted by atomic mass is 15.3. The second-order valence-electron chi connectivity index (χ2n) is 1.78. The maximum absolute atomic E-state index is 4.00. The molecule has 0 atom stereocenters. The van der Waals surface area contributed by atoms with Gasteiger partial charge in [0.15, 0.2) is 6.17 Å². The third-order valence-electron chi connectivity index (χ3n) is 1.26. The Morgan fingerprint density at radius 3 is 2.25 bits per heavy atom. The van der Waals surface area contributed by atoms with Crippen molar-refractivity contribution >= 4 is 12.7 Å². The summed E-state index contributed by atoms with van der Waals surface area (Å²) in [5, 5.41) is 5.98. The maximum Gasteiger partial charge on any atom is 0.181 e. The molecule has 8 heavy (non-hydrogen) atoms. The summed E-state index contributed by atoms with van der Waals surface area (Å²) in [4.78, 5) is 8.00. The number of nitrogens with one attached hydrogen (secondary N) is 2. The molecule has 0 radical (unpaired) electrons. The van der Waals surface area contributed by atoms with Gasteiger partial charge in [0, 0.05) is 0 Å². The van der Waals surface area contributed by atoms with E-state index in [1.807, 2.05) is 0 Å². The van der Waals surface area contributed by atoms with E-state index in [1.165, 1.54) is 0 Å². The van der Waals surface area contributed by atoms with E-state index in [2.05, 4.69) is 20.6 Å². The van der Waals surface area contributed by atoms with E-state index in [0.29, 0.717) is 0 Å². The maximum atomic E-state index is 4.00. The zero-order valence-corrected chi connectivity index (χ0v) is 4.20. The fourth-order valence-corrected chi connectivity index (χ4v) is 0.830. The predicted octanol–water partition coefficient (Wildman–Crippen LogP) is -1.10. The van der Waals surface area contributed by atoms with Crippen LogP contribution in [-0.4, -0.2) is 25.0 Å². The van der Waals surface area contributed by atoms with Gasteiger partial charge in [0.1, 0.15) is 6.17 Å². The van der Waals surface area contributed by atoms with Crippen molar-refractivity contribution < 1.29 is 0 Å². The van der Waals surface area contributed by atoms with Gasteiger partial charge in [-0.05, 0) is 0 Å². The van der Waals surface area contributed by atoms with Crippen LogP contribution in [0, 0.1) is 0 Å². The topological polar surface area (TPSA) is 48.8 Å². The van der Waals surface area contributed by atoms with Crippen molar-refractivity contribution in [1.29, 1.82) is 0 Å². The number of hydrogen-bond acceptors (Lipinski definition) is 4. The lowest BCUT2D eigenvalue weighted by Crippen LogP contribution is -2.38. The minimum Gasteiger partial charge on any atom is -0.353 e. The Kier molecular flexibility index (Phi) is 0.588. The third kappa shape index (κ3) is 0.344. The first-order valence-electron chi connectivity index (χ1n) is 2.52. The zero-order valence-electron chi connectivity index (χ0n) is 4.20. The summed E-state index contributed by atoms with van der Waals surface area (Å²) in [5.74, 6) is 0. The molecule has 4 heteroatoms. The second-order valence-corrected chi connectivity index (χ2v) is 1.78. The van der Waals surface area contributed by atoms with E-state index < -0.39 is 0 Å². The SMILES string of the molecule is C1=NC2N=CNC2N1. The Balaban J connectivity index is 2.22. The quantitative estimate of drug-likeness (QED) is 0.416. The van der Waals surface area contributed by atoms with E-state index in [-0.39, 0.29) is 12.3 Å². The molecular weight excluding hydrogens is 104 g/mol. The van der Waals surface area contributed by atoms with Crippen LogP contribution in [0.1, 0.15) is 0 Å². The third-order valence-corrected chi connectivity index (χ3v) is 1.26. The number of hydrogen-bond donors (Lipinski definition) is 2. The molecule has 0 spiro atoms. The highest BCUT2D eigenvalue weighted by molar-refractivity contribution is 5.65. The van der Waals surface area contributed by atoms with Gasteiger partial charge in [0.05, 0.1) is 12.7 Å². The predicted molar refractivity (Wildman–Crippen MR) is 30.8 cm³/mol. The molecule has 0 saturated carbocycles. The Morgan fingerprint density at radius 1 is 1.12 bits per heavy atom. The monoisotopic (exact) mass is 110 g/mol. The summed E-state index contributed by atoms with van der Waals surface area (Å²) in [7, 11) is 0. The highest BCUT2D eigenvalue weighted by Gasteiger charge is 2.24. The van der Waals surface area contributed by atoms with Gasteiger partial charge in [-0.3, -0.25) is 0 Å². The molecule has 0 fully saturated rings. The van der Waals surface area contributed by atoms with Gasteiger partial charge < -0.3 is 10.6 Å². The molecule has 2 rings (SSSR count). The zero-order chi connectivity index (χ0) is 5.40. The lowest BCUT2D eigenvalue weighted by atomic mass is 10.4. The molecular formula is C4H6N4. The second kappa shape index (κ2) is 1.21. The van der Waals surface area contributed by atoms with Gasteiger partial charge >= 0.3 is 0 Å². The Hall–Kier alpha value is -1.06. The lowest BCUT2D eigenvalue weighted by molar-refractivity contribution is 0.553. The minimum atomic E-state index is 0.0926. The Labute approximate surface area is 46.7 Å². The first-order chi connectivity index (χ1) is 3.97. The number of nitrogens with zero attached hydrogens (tertiary/aromatic N) is 2. The lowest BCUT2D eigenvalue weighted by Gasteiger charge is -2.05. The normalized spacial score (nSPS) is 39.0. The summed E-state index contributed by atoms with van der Waals surface area (Å²) >= 11 is 0. The van der Waals surface area contributed by atoms with Crippen molar-refractivity contribution in [2.75, 3.05) is 0 Å². The fourth-order valence-electron chi connectivity index (χ4n) is 0.830. The Bertz CT molecular complexity index is 134.